The van der Waals surface area contributed by atoms with Crippen LogP contribution in [0.2, 0.25) is 5.02 Å². The van der Waals surface area contributed by atoms with Gasteiger partial charge in [0.2, 0.25) is 0 Å². The molecule has 0 bridgehead atoms. The summed E-state index contributed by atoms with van der Waals surface area (Å²) in [5.74, 6) is 0.390. The van der Waals surface area contributed by atoms with Gasteiger partial charge in [0.05, 0.1) is 5.02 Å². The molecule has 0 aliphatic carbocycles. The van der Waals surface area contributed by atoms with Gasteiger partial charge in [0, 0.05) is 25.5 Å². The second kappa shape index (κ2) is 6.68. The van der Waals surface area contributed by atoms with Crippen LogP contribution in [0, 0.1) is 5.82 Å². The van der Waals surface area contributed by atoms with Crippen molar-refractivity contribution < 1.29 is 4.39 Å². The number of hydrogen-bond acceptors (Lipinski definition) is 3. The molecule has 3 nitrogen and oxygen atoms in total. The van der Waals surface area contributed by atoms with Crippen LogP contribution in [-0.4, -0.2) is 18.6 Å². The zero-order chi connectivity index (χ0) is 14.5. The number of anilines is 2. The Hall–Kier alpha value is -1.65. The third-order valence-electron chi connectivity index (χ3n) is 2.99. The van der Waals surface area contributed by atoms with E-state index in [1.165, 1.54) is 12.1 Å². The van der Waals surface area contributed by atoms with Crippen LogP contribution in [0.15, 0.2) is 36.5 Å². The standard InChI is InChI=1S/C15H17ClFN3/c1-3-18-9-11-8-14(16)15(19-10-11)20(2)13-6-4-12(17)5-7-13/h4-8,10,18H,3,9H2,1-2H3. The molecule has 0 amide bonds. The van der Waals surface area contributed by atoms with E-state index in [9.17, 15) is 4.39 Å². The molecular weight excluding hydrogens is 277 g/mol. The molecule has 0 aliphatic heterocycles. The Kier molecular flexibility index (Phi) is 4.93. The topological polar surface area (TPSA) is 28.2 Å². The van der Waals surface area contributed by atoms with Crippen LogP contribution >= 0.6 is 11.6 Å². The van der Waals surface area contributed by atoms with Gasteiger partial charge in [-0.05, 0) is 42.4 Å². The first-order chi connectivity index (χ1) is 9.61. The van der Waals surface area contributed by atoms with E-state index in [0.717, 1.165) is 24.3 Å². The Labute approximate surface area is 123 Å². The van der Waals surface area contributed by atoms with E-state index in [0.29, 0.717) is 10.8 Å². The Balaban J connectivity index is 2.21. The highest BCUT2D eigenvalue weighted by atomic mass is 35.5. The molecule has 0 unspecified atom stereocenters. The average Bonchev–Trinajstić information content (AvgIpc) is 2.45. The number of benzene rings is 1. The minimum absolute atomic E-state index is 0.262. The molecule has 106 valence electrons. The van der Waals surface area contributed by atoms with Crippen molar-refractivity contribution in [3.63, 3.8) is 0 Å². The van der Waals surface area contributed by atoms with Gasteiger partial charge < -0.3 is 10.2 Å². The van der Waals surface area contributed by atoms with Gasteiger partial charge in [-0.3, -0.25) is 0 Å². The van der Waals surface area contributed by atoms with Crippen LogP contribution in [0.5, 0.6) is 0 Å². The predicted molar refractivity (Wildman–Crippen MR) is 81.1 cm³/mol. The van der Waals surface area contributed by atoms with Crippen molar-refractivity contribution >= 4 is 23.1 Å². The van der Waals surface area contributed by atoms with Crippen LogP contribution in [-0.2, 0) is 6.54 Å². The lowest BCUT2D eigenvalue weighted by molar-refractivity contribution is 0.628. The normalized spacial score (nSPS) is 10.6. The lowest BCUT2D eigenvalue weighted by Crippen LogP contribution is -2.14. The minimum atomic E-state index is -0.262. The average molecular weight is 294 g/mol. The van der Waals surface area contributed by atoms with E-state index in [4.69, 9.17) is 11.6 Å². The fourth-order valence-electron chi connectivity index (χ4n) is 1.87. The van der Waals surface area contributed by atoms with Crippen molar-refractivity contribution in [3.05, 3.63) is 52.9 Å². The molecule has 2 aromatic rings. The van der Waals surface area contributed by atoms with Gasteiger partial charge in [-0.2, -0.15) is 0 Å². The molecule has 0 radical (unpaired) electrons. The molecule has 1 heterocycles. The highest BCUT2D eigenvalue weighted by Crippen LogP contribution is 2.29. The van der Waals surface area contributed by atoms with Crippen molar-refractivity contribution in [2.75, 3.05) is 18.5 Å². The van der Waals surface area contributed by atoms with Crippen molar-refractivity contribution in [2.24, 2.45) is 0 Å². The Morgan fingerprint density at radius 1 is 1.30 bits per heavy atom. The zero-order valence-corrected chi connectivity index (χ0v) is 12.3. The van der Waals surface area contributed by atoms with E-state index >= 15 is 0 Å². The molecule has 2 rings (SSSR count). The summed E-state index contributed by atoms with van der Waals surface area (Å²) < 4.78 is 12.9. The quantitative estimate of drug-likeness (QED) is 0.910. The van der Waals surface area contributed by atoms with Crippen LogP contribution in [0.3, 0.4) is 0 Å². The molecule has 0 aliphatic rings. The van der Waals surface area contributed by atoms with Gasteiger partial charge in [0.25, 0.3) is 0 Å². The number of nitrogens with zero attached hydrogens (tertiary/aromatic N) is 2. The van der Waals surface area contributed by atoms with E-state index in [1.54, 1.807) is 18.3 Å². The molecule has 5 heteroatoms. The van der Waals surface area contributed by atoms with Crippen LogP contribution < -0.4 is 10.2 Å². The smallest absolute Gasteiger partial charge is 0.151 e. The van der Waals surface area contributed by atoms with Gasteiger partial charge in [-0.1, -0.05) is 18.5 Å². The fourth-order valence-corrected chi connectivity index (χ4v) is 2.19. The number of aromatic nitrogens is 1. The highest BCUT2D eigenvalue weighted by molar-refractivity contribution is 6.33. The molecular formula is C15H17ClFN3. The van der Waals surface area contributed by atoms with Gasteiger partial charge in [-0.25, -0.2) is 9.37 Å². The third kappa shape index (κ3) is 3.46. The van der Waals surface area contributed by atoms with Gasteiger partial charge in [0.1, 0.15) is 5.82 Å². The van der Waals surface area contributed by atoms with Crippen molar-refractivity contribution in [3.8, 4) is 0 Å². The summed E-state index contributed by atoms with van der Waals surface area (Å²) >= 11 is 6.28. The Morgan fingerprint density at radius 3 is 2.60 bits per heavy atom. The maximum atomic E-state index is 12.9. The molecule has 1 aromatic carbocycles. The second-order valence-electron chi connectivity index (χ2n) is 4.46. The number of hydrogen-bond donors (Lipinski definition) is 1. The summed E-state index contributed by atoms with van der Waals surface area (Å²) in [7, 11) is 1.85. The molecule has 0 fully saturated rings. The molecule has 1 aromatic heterocycles. The van der Waals surface area contributed by atoms with Gasteiger partial charge in [-0.15, -0.1) is 0 Å². The second-order valence-corrected chi connectivity index (χ2v) is 4.87. The SMILES string of the molecule is CCNCc1cnc(N(C)c2ccc(F)cc2)c(Cl)c1. The highest BCUT2D eigenvalue weighted by Gasteiger charge is 2.10. The van der Waals surface area contributed by atoms with E-state index in [-0.39, 0.29) is 5.82 Å². The minimum Gasteiger partial charge on any atom is -0.328 e. The molecule has 1 N–H and O–H groups in total. The molecule has 0 spiro atoms. The number of pyridine rings is 1. The van der Waals surface area contributed by atoms with Crippen molar-refractivity contribution in [1.29, 1.82) is 0 Å². The Morgan fingerprint density at radius 2 is 2.00 bits per heavy atom. The summed E-state index contributed by atoms with van der Waals surface area (Å²) in [6.45, 7) is 3.68. The molecule has 0 atom stereocenters. The lowest BCUT2D eigenvalue weighted by atomic mass is 10.2. The molecule has 20 heavy (non-hydrogen) atoms. The number of rotatable bonds is 5. The maximum absolute atomic E-state index is 12.9. The first-order valence-corrected chi connectivity index (χ1v) is 6.84. The fraction of sp³-hybridized carbons (Fsp3) is 0.267. The third-order valence-corrected chi connectivity index (χ3v) is 3.27. The van der Waals surface area contributed by atoms with Crippen LogP contribution in [0.4, 0.5) is 15.9 Å². The van der Waals surface area contributed by atoms with E-state index in [2.05, 4.69) is 10.3 Å². The van der Waals surface area contributed by atoms with Crippen LogP contribution in [0.1, 0.15) is 12.5 Å². The van der Waals surface area contributed by atoms with Crippen LogP contribution in [0.25, 0.3) is 0 Å². The van der Waals surface area contributed by atoms with E-state index < -0.39 is 0 Å². The monoisotopic (exact) mass is 293 g/mol. The van der Waals surface area contributed by atoms with Gasteiger partial charge >= 0.3 is 0 Å². The van der Waals surface area contributed by atoms with Crippen molar-refractivity contribution in [2.45, 2.75) is 13.5 Å². The molecule has 0 saturated carbocycles. The number of halogens is 2. The summed E-state index contributed by atoms with van der Waals surface area (Å²) in [6, 6.07) is 8.12. The summed E-state index contributed by atoms with van der Waals surface area (Å²) in [4.78, 5) is 6.22. The predicted octanol–water partition coefficient (Wildman–Crippen LogP) is 3.75. The summed E-state index contributed by atoms with van der Waals surface area (Å²) in [5.41, 5.74) is 1.87. The first kappa shape index (κ1) is 14.8. The van der Waals surface area contributed by atoms with Gasteiger partial charge in [0.15, 0.2) is 5.82 Å². The first-order valence-electron chi connectivity index (χ1n) is 6.46. The summed E-state index contributed by atoms with van der Waals surface area (Å²) in [5, 5.41) is 3.80. The molecule has 0 saturated heterocycles. The largest absolute Gasteiger partial charge is 0.328 e. The maximum Gasteiger partial charge on any atom is 0.151 e. The van der Waals surface area contributed by atoms with Crippen molar-refractivity contribution in [1.82, 2.24) is 10.3 Å². The zero-order valence-electron chi connectivity index (χ0n) is 11.5. The number of nitrogens with one attached hydrogen (secondary N) is 1. The lowest BCUT2D eigenvalue weighted by Gasteiger charge is -2.20. The van der Waals surface area contributed by atoms with E-state index in [1.807, 2.05) is 24.9 Å². The Bertz CT molecular complexity index is 572. The summed E-state index contributed by atoms with van der Waals surface area (Å²) in [6.07, 6.45) is 1.80.